The smallest absolute Gasteiger partial charge is 0.0502 e. The molecule has 84 valence electrons. The van der Waals surface area contributed by atoms with E-state index in [2.05, 4.69) is 39.8 Å². The molecule has 0 radical (unpaired) electrons. The molecule has 1 aliphatic rings. The van der Waals surface area contributed by atoms with Crippen LogP contribution in [0.25, 0.3) is 0 Å². The van der Waals surface area contributed by atoms with Crippen LogP contribution in [-0.2, 0) is 0 Å². The molecule has 1 rings (SSSR count). The Bertz CT molecular complexity index is 183. The Morgan fingerprint density at radius 1 is 1.29 bits per heavy atom. The van der Waals surface area contributed by atoms with E-state index >= 15 is 0 Å². The summed E-state index contributed by atoms with van der Waals surface area (Å²) in [6.07, 6.45) is 3.65. The Balaban J connectivity index is 2.87. The summed E-state index contributed by atoms with van der Waals surface area (Å²) in [7, 11) is 4.26. The molecule has 0 bridgehead atoms. The van der Waals surface area contributed by atoms with Gasteiger partial charge < -0.3 is 10.0 Å². The summed E-state index contributed by atoms with van der Waals surface area (Å²) in [6, 6.07) is 0.480. The van der Waals surface area contributed by atoms with Crippen molar-refractivity contribution < 1.29 is 5.11 Å². The van der Waals surface area contributed by atoms with Crippen molar-refractivity contribution in [3.8, 4) is 0 Å². The Morgan fingerprint density at radius 2 is 1.79 bits per heavy atom. The Kier molecular flexibility index (Phi) is 3.27. The van der Waals surface area contributed by atoms with Crippen LogP contribution in [0.3, 0.4) is 0 Å². The third-order valence-electron chi connectivity index (χ3n) is 3.58. The normalized spacial score (nSPS) is 23.4. The highest BCUT2D eigenvalue weighted by Gasteiger charge is 2.49. The maximum atomic E-state index is 9.59. The van der Waals surface area contributed by atoms with Gasteiger partial charge in [0.05, 0.1) is 6.61 Å². The van der Waals surface area contributed by atoms with Gasteiger partial charge in [0.25, 0.3) is 0 Å². The maximum absolute atomic E-state index is 9.59. The zero-order valence-corrected chi connectivity index (χ0v) is 10.3. The number of rotatable bonds is 3. The molecule has 1 unspecified atom stereocenters. The monoisotopic (exact) mass is 199 g/mol. The van der Waals surface area contributed by atoms with Gasteiger partial charge in [0.2, 0.25) is 0 Å². The largest absolute Gasteiger partial charge is 0.396 e. The van der Waals surface area contributed by atoms with E-state index in [0.717, 1.165) is 0 Å². The number of hydrogen-bond donors (Lipinski definition) is 1. The maximum Gasteiger partial charge on any atom is 0.0502 e. The lowest BCUT2D eigenvalue weighted by molar-refractivity contribution is -0.0725. The van der Waals surface area contributed by atoms with Gasteiger partial charge in [-0.1, -0.05) is 27.2 Å². The van der Waals surface area contributed by atoms with E-state index in [1.54, 1.807) is 0 Å². The van der Waals surface area contributed by atoms with Gasteiger partial charge >= 0.3 is 0 Å². The van der Waals surface area contributed by atoms with Gasteiger partial charge in [-0.05, 0) is 32.4 Å². The first-order valence-corrected chi connectivity index (χ1v) is 5.61. The molecule has 0 aliphatic heterocycles. The molecule has 0 aromatic rings. The summed E-state index contributed by atoms with van der Waals surface area (Å²) < 4.78 is 0. The van der Waals surface area contributed by atoms with Crippen molar-refractivity contribution >= 4 is 0 Å². The van der Waals surface area contributed by atoms with Crippen molar-refractivity contribution in [2.45, 2.75) is 46.1 Å². The predicted octanol–water partition coefficient (Wildman–Crippen LogP) is 2.13. The second-order valence-corrected chi connectivity index (χ2v) is 6.11. The lowest BCUT2D eigenvalue weighted by atomic mass is 9.58. The molecule has 2 nitrogen and oxygen atoms in total. The first kappa shape index (κ1) is 12.0. The number of nitrogens with zero attached hydrogens (tertiary/aromatic N) is 1. The molecule has 2 heteroatoms. The van der Waals surface area contributed by atoms with Crippen molar-refractivity contribution in [1.82, 2.24) is 4.90 Å². The fourth-order valence-electron chi connectivity index (χ4n) is 3.39. The van der Waals surface area contributed by atoms with Crippen molar-refractivity contribution in [3.63, 3.8) is 0 Å². The van der Waals surface area contributed by atoms with Crippen LogP contribution < -0.4 is 0 Å². The SMILES string of the molecule is CN(C)C(C(C)(C)C)C1(CO)CCC1. The summed E-state index contributed by atoms with van der Waals surface area (Å²) in [4.78, 5) is 2.29. The van der Waals surface area contributed by atoms with Crippen LogP contribution in [0.5, 0.6) is 0 Å². The lowest BCUT2D eigenvalue weighted by Gasteiger charge is -2.54. The summed E-state index contributed by atoms with van der Waals surface area (Å²) in [6.45, 7) is 7.15. The number of hydrogen-bond acceptors (Lipinski definition) is 2. The molecular formula is C12H25NO. The standard InChI is InChI=1S/C12H25NO/c1-11(2,3)10(13(4)5)12(9-14)7-6-8-12/h10,14H,6-9H2,1-5H3. The van der Waals surface area contributed by atoms with Crippen molar-refractivity contribution in [3.05, 3.63) is 0 Å². The molecule has 0 spiro atoms. The van der Waals surface area contributed by atoms with E-state index in [4.69, 9.17) is 0 Å². The zero-order valence-electron chi connectivity index (χ0n) is 10.3. The first-order valence-electron chi connectivity index (χ1n) is 5.61. The zero-order chi connectivity index (χ0) is 11.0. The number of aliphatic hydroxyl groups excluding tert-OH is 1. The van der Waals surface area contributed by atoms with E-state index < -0.39 is 0 Å². The summed E-state index contributed by atoms with van der Waals surface area (Å²) in [5.74, 6) is 0. The molecule has 0 saturated heterocycles. The average Bonchev–Trinajstić information content (AvgIpc) is 1.92. The molecular weight excluding hydrogens is 174 g/mol. The second-order valence-electron chi connectivity index (χ2n) is 6.11. The van der Waals surface area contributed by atoms with Gasteiger partial charge in [0.1, 0.15) is 0 Å². The fourth-order valence-corrected chi connectivity index (χ4v) is 3.39. The van der Waals surface area contributed by atoms with Crippen LogP contribution in [0, 0.1) is 10.8 Å². The van der Waals surface area contributed by atoms with Gasteiger partial charge in [-0.3, -0.25) is 0 Å². The van der Waals surface area contributed by atoms with Crippen LogP contribution in [-0.4, -0.2) is 36.8 Å². The predicted molar refractivity (Wildman–Crippen MR) is 60.3 cm³/mol. The van der Waals surface area contributed by atoms with Crippen molar-refractivity contribution in [1.29, 1.82) is 0 Å². The molecule has 0 heterocycles. The minimum Gasteiger partial charge on any atom is -0.396 e. The van der Waals surface area contributed by atoms with Gasteiger partial charge in [-0.15, -0.1) is 0 Å². The van der Waals surface area contributed by atoms with E-state index in [1.165, 1.54) is 19.3 Å². The fraction of sp³-hybridized carbons (Fsp3) is 1.00. The highest BCUT2D eigenvalue weighted by atomic mass is 16.3. The summed E-state index contributed by atoms with van der Waals surface area (Å²) in [5, 5.41) is 9.59. The van der Waals surface area contributed by atoms with Gasteiger partial charge in [0, 0.05) is 11.5 Å². The minimum atomic E-state index is 0.168. The minimum absolute atomic E-state index is 0.168. The Hall–Kier alpha value is -0.0800. The first-order chi connectivity index (χ1) is 6.33. The van der Waals surface area contributed by atoms with Crippen LogP contribution in [0.2, 0.25) is 0 Å². The third-order valence-corrected chi connectivity index (χ3v) is 3.58. The van der Waals surface area contributed by atoms with Gasteiger partial charge in [-0.2, -0.15) is 0 Å². The average molecular weight is 199 g/mol. The van der Waals surface area contributed by atoms with E-state index in [1.807, 2.05) is 0 Å². The van der Waals surface area contributed by atoms with Crippen LogP contribution >= 0.6 is 0 Å². The Labute approximate surface area is 88.3 Å². The van der Waals surface area contributed by atoms with E-state index in [9.17, 15) is 5.11 Å². The second kappa shape index (κ2) is 3.82. The molecule has 1 aliphatic carbocycles. The Morgan fingerprint density at radius 3 is 1.86 bits per heavy atom. The lowest BCUT2D eigenvalue weighted by Crippen LogP contribution is -2.57. The number of aliphatic hydroxyl groups is 1. The van der Waals surface area contributed by atoms with Gasteiger partial charge in [-0.25, -0.2) is 0 Å². The van der Waals surface area contributed by atoms with E-state index in [0.29, 0.717) is 12.6 Å². The van der Waals surface area contributed by atoms with E-state index in [-0.39, 0.29) is 10.8 Å². The van der Waals surface area contributed by atoms with Crippen molar-refractivity contribution in [2.24, 2.45) is 10.8 Å². The molecule has 14 heavy (non-hydrogen) atoms. The molecule has 1 fully saturated rings. The molecule has 0 aromatic heterocycles. The summed E-state index contributed by atoms with van der Waals surface area (Å²) >= 11 is 0. The van der Waals surface area contributed by atoms with Crippen LogP contribution in [0.4, 0.5) is 0 Å². The quantitative estimate of drug-likeness (QED) is 0.752. The third kappa shape index (κ3) is 1.96. The molecule has 1 N–H and O–H groups in total. The van der Waals surface area contributed by atoms with Crippen LogP contribution in [0.15, 0.2) is 0 Å². The topological polar surface area (TPSA) is 23.5 Å². The summed E-state index contributed by atoms with van der Waals surface area (Å²) in [5.41, 5.74) is 0.411. The molecule has 0 aromatic carbocycles. The van der Waals surface area contributed by atoms with Crippen LogP contribution in [0.1, 0.15) is 40.0 Å². The van der Waals surface area contributed by atoms with Gasteiger partial charge in [0.15, 0.2) is 0 Å². The highest BCUT2D eigenvalue weighted by Crippen LogP contribution is 2.50. The van der Waals surface area contributed by atoms with Crippen molar-refractivity contribution in [2.75, 3.05) is 20.7 Å². The molecule has 1 saturated carbocycles. The molecule has 1 atom stereocenters. The highest BCUT2D eigenvalue weighted by molar-refractivity contribution is 5.01. The molecule has 0 amide bonds.